The number of fused-ring (bicyclic) bond motifs is 1. The van der Waals surface area contributed by atoms with Crippen LogP contribution in [0.1, 0.15) is 35.8 Å². The molecule has 0 aliphatic carbocycles. The smallest absolute Gasteiger partial charge is 0.255 e. The van der Waals surface area contributed by atoms with Crippen LogP contribution in [0.2, 0.25) is 0 Å². The van der Waals surface area contributed by atoms with Gasteiger partial charge in [-0.15, -0.1) is 0 Å². The molecule has 0 saturated carbocycles. The number of amides is 1. The maximum Gasteiger partial charge on any atom is 0.255 e. The van der Waals surface area contributed by atoms with E-state index in [0.29, 0.717) is 21.5 Å². The first kappa shape index (κ1) is 17.1. The van der Waals surface area contributed by atoms with Gasteiger partial charge < -0.3 is 15.8 Å². The Morgan fingerprint density at radius 3 is 2.88 bits per heavy atom. The molecule has 0 bridgehead atoms. The molecule has 1 saturated heterocycles. The van der Waals surface area contributed by atoms with E-state index in [4.69, 9.17) is 10.5 Å². The summed E-state index contributed by atoms with van der Waals surface area (Å²) in [6.45, 7) is 0.753. The highest BCUT2D eigenvalue weighted by Crippen LogP contribution is 2.31. The number of anilines is 2. The Kier molecular flexibility index (Phi) is 4.65. The third-order valence-corrected chi connectivity index (χ3v) is 5.15. The zero-order chi connectivity index (χ0) is 18.1. The van der Waals surface area contributed by atoms with Crippen LogP contribution >= 0.6 is 15.9 Å². The summed E-state index contributed by atoms with van der Waals surface area (Å²) in [4.78, 5) is 12.6. The van der Waals surface area contributed by atoms with Crippen molar-refractivity contribution in [1.29, 1.82) is 0 Å². The van der Waals surface area contributed by atoms with Gasteiger partial charge in [0.2, 0.25) is 0 Å². The van der Waals surface area contributed by atoms with E-state index in [1.807, 2.05) is 28.9 Å². The molecule has 1 aliphatic heterocycles. The first-order valence-corrected chi connectivity index (χ1v) is 9.38. The fourth-order valence-electron chi connectivity index (χ4n) is 3.19. The van der Waals surface area contributed by atoms with Crippen LogP contribution in [0.5, 0.6) is 0 Å². The molecular formula is C19H19BrN4O2. The number of carbonyl (C=O) groups excluding carboxylic acids is 1. The molecule has 1 fully saturated rings. The number of para-hydroxylation sites is 2. The van der Waals surface area contributed by atoms with Crippen molar-refractivity contribution in [3.63, 3.8) is 0 Å². The van der Waals surface area contributed by atoms with Gasteiger partial charge in [-0.05, 0) is 65.5 Å². The van der Waals surface area contributed by atoms with Crippen LogP contribution < -0.4 is 11.1 Å². The molecule has 134 valence electrons. The Bertz CT molecular complexity index is 963. The van der Waals surface area contributed by atoms with Crippen molar-refractivity contribution in [2.45, 2.75) is 25.5 Å². The highest BCUT2D eigenvalue weighted by Gasteiger charge is 2.21. The lowest BCUT2D eigenvalue weighted by Gasteiger charge is -2.23. The molecule has 1 unspecified atom stereocenters. The van der Waals surface area contributed by atoms with Gasteiger partial charge in [-0.1, -0.05) is 12.1 Å². The van der Waals surface area contributed by atoms with Crippen molar-refractivity contribution in [2.75, 3.05) is 17.7 Å². The van der Waals surface area contributed by atoms with Gasteiger partial charge in [-0.3, -0.25) is 4.79 Å². The van der Waals surface area contributed by atoms with E-state index in [1.54, 1.807) is 18.2 Å². The van der Waals surface area contributed by atoms with Crippen molar-refractivity contribution < 1.29 is 9.53 Å². The molecule has 3 aromatic rings. The fourth-order valence-corrected chi connectivity index (χ4v) is 3.67. The number of ether oxygens (including phenoxy) is 1. The van der Waals surface area contributed by atoms with Crippen LogP contribution in [-0.2, 0) is 4.74 Å². The van der Waals surface area contributed by atoms with E-state index >= 15 is 0 Å². The quantitative estimate of drug-likeness (QED) is 0.624. The number of hydrogen-bond acceptors (Lipinski definition) is 4. The number of nitrogen functional groups attached to an aromatic ring is 1. The van der Waals surface area contributed by atoms with Crippen LogP contribution in [0, 0.1) is 0 Å². The average Bonchev–Trinajstić information content (AvgIpc) is 3.00. The molecule has 1 amide bonds. The number of benzene rings is 2. The zero-order valence-electron chi connectivity index (χ0n) is 14.1. The molecule has 1 aromatic heterocycles. The van der Waals surface area contributed by atoms with Gasteiger partial charge in [0.1, 0.15) is 4.60 Å². The van der Waals surface area contributed by atoms with Crippen LogP contribution in [0.3, 0.4) is 0 Å². The summed E-state index contributed by atoms with van der Waals surface area (Å²) in [6.07, 6.45) is 3.10. The maximum atomic E-state index is 12.6. The molecule has 1 atom stereocenters. The number of hydrogen-bond donors (Lipinski definition) is 2. The molecule has 7 heteroatoms. The highest BCUT2D eigenvalue weighted by atomic mass is 79.9. The van der Waals surface area contributed by atoms with Gasteiger partial charge in [-0.25, -0.2) is 4.68 Å². The molecule has 1 aliphatic rings. The number of carbonyl (C=O) groups is 1. The Morgan fingerprint density at radius 1 is 1.27 bits per heavy atom. The van der Waals surface area contributed by atoms with Crippen LogP contribution in [0.25, 0.3) is 10.9 Å². The van der Waals surface area contributed by atoms with Gasteiger partial charge >= 0.3 is 0 Å². The predicted molar refractivity (Wildman–Crippen MR) is 105 cm³/mol. The van der Waals surface area contributed by atoms with E-state index in [1.165, 1.54) is 0 Å². The lowest BCUT2D eigenvalue weighted by Crippen LogP contribution is -2.19. The zero-order valence-corrected chi connectivity index (χ0v) is 15.7. The Labute approximate surface area is 159 Å². The minimum Gasteiger partial charge on any atom is -0.397 e. The average molecular weight is 415 g/mol. The van der Waals surface area contributed by atoms with Crippen molar-refractivity contribution in [1.82, 2.24) is 9.78 Å². The summed E-state index contributed by atoms with van der Waals surface area (Å²) >= 11 is 3.51. The maximum absolute atomic E-state index is 12.6. The van der Waals surface area contributed by atoms with Gasteiger partial charge in [0, 0.05) is 17.6 Å². The predicted octanol–water partition coefficient (Wildman–Crippen LogP) is 4.33. The summed E-state index contributed by atoms with van der Waals surface area (Å²) in [7, 11) is 0. The minimum absolute atomic E-state index is 0.0543. The van der Waals surface area contributed by atoms with Crippen LogP contribution in [-0.4, -0.2) is 22.3 Å². The number of nitrogens with one attached hydrogen (secondary N) is 1. The number of nitrogens with zero attached hydrogens (tertiary/aromatic N) is 2. The van der Waals surface area contributed by atoms with Crippen molar-refractivity contribution in [3.8, 4) is 0 Å². The summed E-state index contributed by atoms with van der Waals surface area (Å²) < 4.78 is 8.44. The summed E-state index contributed by atoms with van der Waals surface area (Å²) in [5.41, 5.74) is 8.52. The van der Waals surface area contributed by atoms with Gasteiger partial charge in [0.05, 0.1) is 16.9 Å². The van der Waals surface area contributed by atoms with E-state index in [9.17, 15) is 4.79 Å². The Balaban J connectivity index is 1.64. The first-order valence-electron chi connectivity index (χ1n) is 8.59. The first-order chi connectivity index (χ1) is 12.6. The summed E-state index contributed by atoms with van der Waals surface area (Å²) in [6, 6.07) is 12.7. The van der Waals surface area contributed by atoms with Gasteiger partial charge in [-0.2, -0.15) is 5.10 Å². The third-order valence-electron chi connectivity index (χ3n) is 4.56. The number of nitrogens with two attached hydrogens (primary N) is 1. The summed E-state index contributed by atoms with van der Waals surface area (Å²) in [5.74, 6) is -0.210. The second-order valence-corrected chi connectivity index (χ2v) is 7.08. The van der Waals surface area contributed by atoms with Gasteiger partial charge in [0.15, 0.2) is 6.23 Å². The molecule has 4 rings (SSSR count). The van der Waals surface area contributed by atoms with Crippen LogP contribution in [0.15, 0.2) is 47.1 Å². The topological polar surface area (TPSA) is 82.2 Å². The number of halogens is 1. The summed E-state index contributed by atoms with van der Waals surface area (Å²) in [5, 5.41) is 8.30. The molecule has 2 heterocycles. The molecule has 6 nitrogen and oxygen atoms in total. The molecular weight excluding hydrogens is 396 g/mol. The van der Waals surface area contributed by atoms with Crippen molar-refractivity contribution in [3.05, 3.63) is 52.6 Å². The molecule has 3 N–H and O–H groups in total. The molecule has 0 radical (unpaired) electrons. The van der Waals surface area contributed by atoms with Crippen molar-refractivity contribution in [2.24, 2.45) is 0 Å². The van der Waals surface area contributed by atoms with Crippen LogP contribution in [0.4, 0.5) is 11.4 Å². The number of aromatic nitrogens is 2. The van der Waals surface area contributed by atoms with Gasteiger partial charge in [0.25, 0.3) is 5.91 Å². The lowest BCUT2D eigenvalue weighted by molar-refractivity contribution is -0.0368. The Morgan fingerprint density at radius 2 is 2.12 bits per heavy atom. The Hall–Kier alpha value is -2.38. The largest absolute Gasteiger partial charge is 0.397 e. The van der Waals surface area contributed by atoms with E-state index in [2.05, 4.69) is 26.3 Å². The standard InChI is InChI=1S/C19H19BrN4O2/c20-18-13-11-12(19(25)22-15-6-2-1-5-14(15)21)8-9-16(13)24(23-18)17-7-3-4-10-26-17/h1-2,5-6,8-9,11,17H,3-4,7,10,21H2,(H,22,25). The molecule has 0 spiro atoms. The monoisotopic (exact) mass is 414 g/mol. The van der Waals surface area contributed by atoms with E-state index in [0.717, 1.165) is 36.8 Å². The second kappa shape index (κ2) is 7.09. The molecule has 26 heavy (non-hydrogen) atoms. The lowest BCUT2D eigenvalue weighted by atomic mass is 10.1. The SMILES string of the molecule is Nc1ccccc1NC(=O)c1ccc2c(c1)c(Br)nn2C1CCCCO1. The van der Waals surface area contributed by atoms with Crippen molar-refractivity contribution >= 4 is 44.1 Å². The highest BCUT2D eigenvalue weighted by molar-refractivity contribution is 9.10. The van der Waals surface area contributed by atoms with E-state index < -0.39 is 0 Å². The number of rotatable bonds is 3. The fraction of sp³-hybridized carbons (Fsp3) is 0.263. The minimum atomic E-state index is -0.210. The second-order valence-electron chi connectivity index (χ2n) is 6.33. The normalized spacial score (nSPS) is 17.3. The third kappa shape index (κ3) is 3.20. The molecule has 2 aromatic carbocycles. The van der Waals surface area contributed by atoms with E-state index in [-0.39, 0.29) is 12.1 Å².